The number of rotatable bonds is 2. The van der Waals surface area contributed by atoms with Crippen molar-refractivity contribution in [1.29, 1.82) is 0 Å². The number of fused-ring (bicyclic) bond motifs is 4. The van der Waals surface area contributed by atoms with Crippen LogP contribution >= 0.6 is 0 Å². The van der Waals surface area contributed by atoms with Crippen molar-refractivity contribution >= 4 is 12.1 Å². The van der Waals surface area contributed by atoms with E-state index in [0.717, 1.165) is 17.0 Å². The summed E-state index contributed by atoms with van der Waals surface area (Å²) in [6, 6.07) is 10.4. The van der Waals surface area contributed by atoms with E-state index in [-0.39, 0.29) is 5.82 Å². The second kappa shape index (κ2) is 12.0. The van der Waals surface area contributed by atoms with Crippen molar-refractivity contribution in [3.05, 3.63) is 70.5 Å². The number of amides is 1. The summed E-state index contributed by atoms with van der Waals surface area (Å²) in [6.07, 6.45) is 3.93. The number of hydrogen-bond donors (Lipinski definition) is 1. The van der Waals surface area contributed by atoms with E-state index in [9.17, 15) is 19.1 Å². The van der Waals surface area contributed by atoms with Gasteiger partial charge in [-0.25, -0.2) is 14.0 Å². The molecule has 0 aromatic heterocycles. The summed E-state index contributed by atoms with van der Waals surface area (Å²) in [7, 11) is 1.31. The molecule has 4 heterocycles. The topological polar surface area (TPSA) is 70.1 Å². The fraction of sp³-hybridized carbons (Fsp3) is 0.481. The molecule has 1 N–H and O–H groups in total. The molecule has 2 aromatic rings. The van der Waals surface area contributed by atoms with Gasteiger partial charge in [-0.2, -0.15) is 0 Å². The molecule has 0 saturated carbocycles. The van der Waals surface area contributed by atoms with Crippen LogP contribution in [0.3, 0.4) is 0 Å². The monoisotopic (exact) mass is 470 g/mol. The van der Waals surface area contributed by atoms with E-state index < -0.39 is 18.1 Å². The number of benzene rings is 2. The summed E-state index contributed by atoms with van der Waals surface area (Å²) in [4.78, 5) is 27.2. The predicted molar refractivity (Wildman–Crippen MR) is 130 cm³/mol. The Morgan fingerprint density at radius 2 is 1.59 bits per heavy atom. The summed E-state index contributed by atoms with van der Waals surface area (Å²) in [5.74, 6) is 0.300. The molecule has 184 valence electrons. The maximum Gasteiger partial charge on any atom is 0.408 e. The quantitative estimate of drug-likeness (QED) is 0.598. The number of methoxy groups -OCH3 is 1. The van der Waals surface area contributed by atoms with E-state index in [0.29, 0.717) is 24.1 Å². The lowest BCUT2D eigenvalue weighted by Crippen LogP contribution is -2.41. The van der Waals surface area contributed by atoms with Crippen LogP contribution in [0.1, 0.15) is 66.2 Å². The number of piperidine rings is 3. The third-order valence-electron chi connectivity index (χ3n) is 6.78. The number of halogens is 1. The fourth-order valence-corrected chi connectivity index (χ4v) is 4.95. The van der Waals surface area contributed by atoms with Gasteiger partial charge >= 0.3 is 12.1 Å². The van der Waals surface area contributed by atoms with Crippen LogP contribution in [-0.4, -0.2) is 60.3 Å². The smallest absolute Gasteiger partial charge is 0.408 e. The average Bonchev–Trinajstić information content (AvgIpc) is 2.90. The standard InChI is InChI=1S/C18H16FNO4.C7H13N.C2H6/c1-24-17(21)13-4-7-15-12(10-13)8-9-20(18(22)23)16(15)11-2-5-14(19)6-3-11;1-4-8-5-2-7(1)3-6-8;1-2/h2-7,10,16H,8-9H2,1H3,(H,22,23);7H,1-6H2;1-2H3/t16-;;/m1../s1. The van der Waals surface area contributed by atoms with Crippen molar-refractivity contribution in [2.75, 3.05) is 33.3 Å². The summed E-state index contributed by atoms with van der Waals surface area (Å²) >= 11 is 0. The zero-order valence-electron chi connectivity index (χ0n) is 20.3. The Balaban J connectivity index is 0.000000268. The van der Waals surface area contributed by atoms with Crippen LogP contribution in [0.5, 0.6) is 0 Å². The molecule has 6 nitrogen and oxygen atoms in total. The van der Waals surface area contributed by atoms with Gasteiger partial charge in [0.1, 0.15) is 5.82 Å². The first-order valence-electron chi connectivity index (χ1n) is 12.1. The maximum absolute atomic E-state index is 13.2. The Labute approximate surface area is 201 Å². The van der Waals surface area contributed by atoms with E-state index >= 15 is 0 Å². The molecular formula is C27H35FN2O4. The van der Waals surface area contributed by atoms with Gasteiger partial charge < -0.3 is 14.7 Å². The van der Waals surface area contributed by atoms with E-state index in [2.05, 4.69) is 4.90 Å². The second-order valence-electron chi connectivity index (χ2n) is 8.66. The van der Waals surface area contributed by atoms with Crippen LogP contribution in [-0.2, 0) is 11.2 Å². The fourth-order valence-electron chi connectivity index (χ4n) is 4.95. The summed E-state index contributed by atoms with van der Waals surface area (Å²) < 4.78 is 17.9. The molecular weight excluding hydrogens is 435 g/mol. The molecule has 7 heteroatoms. The Morgan fingerprint density at radius 1 is 0.971 bits per heavy atom. The summed E-state index contributed by atoms with van der Waals surface area (Å²) in [5.41, 5.74) is 2.80. The molecule has 6 rings (SSSR count). The first-order chi connectivity index (χ1) is 16.5. The third kappa shape index (κ3) is 5.95. The summed E-state index contributed by atoms with van der Waals surface area (Å²) in [6.45, 7) is 8.48. The molecule has 1 amide bonds. The minimum absolute atomic E-state index is 0.301. The number of ether oxygens (including phenoxy) is 1. The normalized spacial score (nSPS) is 22.4. The largest absolute Gasteiger partial charge is 0.465 e. The molecule has 0 unspecified atom stereocenters. The lowest BCUT2D eigenvalue weighted by molar-refractivity contribution is 0.0600. The number of carbonyl (C=O) groups is 2. The second-order valence-corrected chi connectivity index (χ2v) is 8.66. The Bertz CT molecular complexity index is 948. The average molecular weight is 471 g/mol. The van der Waals surface area contributed by atoms with Crippen LogP contribution < -0.4 is 0 Å². The lowest BCUT2D eigenvalue weighted by atomic mass is 9.87. The van der Waals surface area contributed by atoms with Gasteiger partial charge in [-0.3, -0.25) is 4.90 Å². The molecule has 4 aliphatic heterocycles. The molecule has 4 aliphatic rings. The highest BCUT2D eigenvalue weighted by molar-refractivity contribution is 5.89. The first-order valence-corrected chi connectivity index (χ1v) is 12.1. The SMILES string of the molecule is C1CN2CCC1CC2.CC.COC(=O)c1ccc2c(c1)CCN(C(=O)O)[C@@H]2c1ccc(F)cc1. The lowest BCUT2D eigenvalue weighted by Gasteiger charge is -2.38. The van der Waals surface area contributed by atoms with Crippen molar-refractivity contribution < 1.29 is 23.8 Å². The number of carboxylic acid groups (broad SMARTS) is 1. The number of hydrogen-bond acceptors (Lipinski definition) is 4. The number of esters is 1. The van der Waals surface area contributed by atoms with Crippen molar-refractivity contribution in [3.63, 3.8) is 0 Å². The Kier molecular flexibility index (Phi) is 9.05. The minimum atomic E-state index is -1.04. The third-order valence-corrected chi connectivity index (χ3v) is 6.78. The highest BCUT2D eigenvalue weighted by Crippen LogP contribution is 2.36. The Morgan fingerprint density at radius 3 is 2.06 bits per heavy atom. The molecule has 0 aliphatic carbocycles. The van der Waals surface area contributed by atoms with Crippen LogP contribution in [0.25, 0.3) is 0 Å². The van der Waals surface area contributed by atoms with Crippen molar-refractivity contribution in [1.82, 2.24) is 9.80 Å². The number of carbonyl (C=O) groups excluding carboxylic acids is 1. The minimum Gasteiger partial charge on any atom is -0.465 e. The molecule has 3 fully saturated rings. The summed E-state index contributed by atoms with van der Waals surface area (Å²) in [5, 5.41) is 9.51. The van der Waals surface area contributed by atoms with Crippen LogP contribution in [0.15, 0.2) is 42.5 Å². The van der Waals surface area contributed by atoms with Crippen LogP contribution in [0.4, 0.5) is 9.18 Å². The van der Waals surface area contributed by atoms with E-state index in [1.165, 1.54) is 63.0 Å². The van der Waals surface area contributed by atoms with Crippen molar-refractivity contribution in [3.8, 4) is 0 Å². The van der Waals surface area contributed by atoms with Crippen molar-refractivity contribution in [2.45, 2.75) is 45.6 Å². The Hall–Kier alpha value is -2.93. The first kappa shape index (κ1) is 25.7. The molecule has 2 bridgehead atoms. The van der Waals surface area contributed by atoms with Gasteiger partial charge in [-0.1, -0.05) is 32.0 Å². The zero-order valence-corrected chi connectivity index (χ0v) is 20.3. The maximum atomic E-state index is 13.2. The van der Waals surface area contributed by atoms with Gasteiger partial charge in [-0.15, -0.1) is 0 Å². The van der Waals surface area contributed by atoms with Gasteiger partial charge in [0.2, 0.25) is 0 Å². The molecule has 3 saturated heterocycles. The van der Waals surface area contributed by atoms with Gasteiger partial charge in [0.05, 0.1) is 18.7 Å². The number of nitrogens with zero attached hydrogens (tertiary/aromatic N) is 2. The van der Waals surface area contributed by atoms with E-state index in [1.807, 2.05) is 13.8 Å². The molecule has 34 heavy (non-hydrogen) atoms. The molecule has 0 spiro atoms. The van der Waals surface area contributed by atoms with Gasteiger partial charge in [0.15, 0.2) is 0 Å². The molecule has 1 atom stereocenters. The molecule has 2 aromatic carbocycles. The highest BCUT2D eigenvalue weighted by atomic mass is 19.1. The van der Waals surface area contributed by atoms with E-state index in [1.54, 1.807) is 30.3 Å². The van der Waals surface area contributed by atoms with Gasteiger partial charge in [0, 0.05) is 6.54 Å². The molecule has 0 radical (unpaired) electrons. The zero-order chi connectivity index (χ0) is 24.7. The van der Waals surface area contributed by atoms with Gasteiger partial charge in [0.25, 0.3) is 0 Å². The predicted octanol–water partition coefficient (Wildman–Crippen LogP) is 5.37. The van der Waals surface area contributed by atoms with Gasteiger partial charge in [-0.05, 0) is 92.2 Å². The van der Waals surface area contributed by atoms with E-state index in [4.69, 9.17) is 4.74 Å². The highest BCUT2D eigenvalue weighted by Gasteiger charge is 2.32. The van der Waals surface area contributed by atoms with Crippen molar-refractivity contribution in [2.24, 2.45) is 5.92 Å². The van der Waals surface area contributed by atoms with Crippen LogP contribution in [0.2, 0.25) is 0 Å². The van der Waals surface area contributed by atoms with Crippen LogP contribution in [0, 0.1) is 11.7 Å².